The molecule has 0 aliphatic rings. The van der Waals surface area contributed by atoms with E-state index in [0.717, 1.165) is 36.1 Å². The number of nitrogens with one attached hydrogen (secondary N) is 1. The third kappa shape index (κ3) is 5.40. The smallest absolute Gasteiger partial charge is 0.573 e. The van der Waals surface area contributed by atoms with Crippen LogP contribution in [0.3, 0.4) is 0 Å². The second-order valence-electron chi connectivity index (χ2n) is 6.13. The van der Waals surface area contributed by atoms with E-state index in [1.807, 2.05) is 6.92 Å². The Hall–Kier alpha value is -2.71. The van der Waals surface area contributed by atoms with Crippen molar-refractivity contribution in [2.24, 2.45) is 0 Å². The zero-order valence-electron chi connectivity index (χ0n) is 16.1. The summed E-state index contributed by atoms with van der Waals surface area (Å²) in [7, 11) is 1.31. The van der Waals surface area contributed by atoms with Crippen molar-refractivity contribution in [3.05, 3.63) is 35.3 Å². The van der Waals surface area contributed by atoms with E-state index in [-0.39, 0.29) is 11.4 Å². The zero-order valence-corrected chi connectivity index (χ0v) is 16.1. The van der Waals surface area contributed by atoms with Crippen molar-refractivity contribution in [2.75, 3.05) is 19.0 Å². The fourth-order valence-corrected chi connectivity index (χ4v) is 2.79. The Morgan fingerprint density at radius 2 is 1.96 bits per heavy atom. The summed E-state index contributed by atoms with van der Waals surface area (Å²) in [5, 5.41) is 16.0. The summed E-state index contributed by atoms with van der Waals surface area (Å²) in [6.07, 6.45) is 0.148. The molecular weight excluding hydrogens is 375 g/mol. The molecule has 0 atom stereocenters. The highest BCUT2D eigenvalue weighted by molar-refractivity contribution is 5.66. The lowest BCUT2D eigenvalue weighted by Crippen LogP contribution is -2.36. The van der Waals surface area contributed by atoms with Gasteiger partial charge in [-0.3, -0.25) is 0 Å². The summed E-state index contributed by atoms with van der Waals surface area (Å²) in [6.45, 7) is 4.65. The zero-order chi connectivity index (χ0) is 20.7. The first kappa shape index (κ1) is 21.6. The Labute approximate surface area is 161 Å². The van der Waals surface area contributed by atoms with Crippen molar-refractivity contribution in [1.82, 2.24) is 4.98 Å². The van der Waals surface area contributed by atoms with Gasteiger partial charge in [-0.15, -0.1) is 13.2 Å². The molecule has 0 unspecified atom stereocenters. The van der Waals surface area contributed by atoms with Gasteiger partial charge in [0.2, 0.25) is 11.4 Å². The van der Waals surface area contributed by atoms with Crippen LogP contribution in [0.4, 0.5) is 19.0 Å². The van der Waals surface area contributed by atoms with E-state index in [0.29, 0.717) is 30.0 Å². The van der Waals surface area contributed by atoms with Crippen molar-refractivity contribution in [2.45, 2.75) is 45.9 Å². The summed E-state index contributed by atoms with van der Waals surface area (Å²) in [5.41, 5.74) is 0.963. The van der Waals surface area contributed by atoms with Gasteiger partial charge in [0.15, 0.2) is 5.82 Å². The predicted molar refractivity (Wildman–Crippen MR) is 99.3 cm³/mol. The number of hydrogen-bond acceptors (Lipinski definition) is 5. The molecule has 0 fully saturated rings. The molecule has 1 aromatic heterocycles. The molecule has 0 aliphatic carbocycles. The van der Waals surface area contributed by atoms with E-state index in [2.05, 4.69) is 22.0 Å². The topological polar surface area (TPSA) is 70.3 Å². The van der Waals surface area contributed by atoms with Crippen LogP contribution in [0.1, 0.15) is 38.8 Å². The summed E-state index contributed by atoms with van der Waals surface area (Å²) in [6, 6.07) is 3.57. The van der Waals surface area contributed by atoms with Gasteiger partial charge in [0.05, 0.1) is 12.7 Å². The van der Waals surface area contributed by atoms with Gasteiger partial charge in [-0.05, 0) is 18.6 Å². The first-order valence-electron chi connectivity index (χ1n) is 9.10. The fourth-order valence-electron chi connectivity index (χ4n) is 2.79. The maximum absolute atomic E-state index is 12.9. The van der Waals surface area contributed by atoms with Crippen LogP contribution in [-0.4, -0.2) is 25.0 Å². The lowest BCUT2D eigenvalue weighted by molar-refractivity contribution is -0.602. The first-order valence-corrected chi connectivity index (χ1v) is 9.10. The molecule has 154 valence electrons. The number of rotatable bonds is 9. The van der Waals surface area contributed by atoms with Gasteiger partial charge in [0.25, 0.3) is 0 Å². The second kappa shape index (κ2) is 9.48. The largest absolute Gasteiger partial charge is 0.618 e. The van der Waals surface area contributed by atoms with Crippen LogP contribution >= 0.6 is 0 Å². The molecule has 0 saturated heterocycles. The van der Waals surface area contributed by atoms with E-state index < -0.39 is 12.1 Å². The van der Waals surface area contributed by atoms with Crippen molar-refractivity contribution in [1.29, 1.82) is 0 Å². The number of unbranched alkanes of at least 4 members (excludes halogenated alkanes) is 2. The Kier molecular flexibility index (Phi) is 7.31. The van der Waals surface area contributed by atoms with Crippen molar-refractivity contribution in [3.63, 3.8) is 0 Å². The lowest BCUT2D eigenvalue weighted by Gasteiger charge is -2.15. The molecule has 0 amide bonds. The highest BCUT2D eigenvalue weighted by Gasteiger charge is 2.32. The van der Waals surface area contributed by atoms with Gasteiger partial charge in [-0.1, -0.05) is 26.7 Å². The van der Waals surface area contributed by atoms with Gasteiger partial charge in [0.1, 0.15) is 17.7 Å². The average Bonchev–Trinajstić information content (AvgIpc) is 2.64. The lowest BCUT2D eigenvalue weighted by atomic mass is 10.1. The Morgan fingerprint density at radius 1 is 1.21 bits per heavy atom. The first-order chi connectivity index (χ1) is 13.3. The summed E-state index contributed by atoms with van der Waals surface area (Å²) >= 11 is 0. The average molecular weight is 399 g/mol. The summed E-state index contributed by atoms with van der Waals surface area (Å²) in [5.74, 6) is 0.163. The monoisotopic (exact) mass is 399 g/mol. The summed E-state index contributed by atoms with van der Waals surface area (Å²) < 4.78 is 47.1. The standard InChI is InChI=1S/C19H24F3N3O3/c1-4-6-7-10-23-18-15(5-2)25(26)16(12-24-18)14-9-8-13(11-17(14)27-3)28-19(20,21)22/h8-9,11-12H,4-7,10H2,1-3H3,(H,23,24). The van der Waals surface area contributed by atoms with E-state index in [4.69, 9.17) is 4.74 Å². The minimum atomic E-state index is -4.81. The maximum Gasteiger partial charge on any atom is 0.573 e. The van der Waals surface area contributed by atoms with Crippen LogP contribution < -0.4 is 19.5 Å². The molecule has 2 aromatic rings. The van der Waals surface area contributed by atoms with Crippen LogP contribution in [0.2, 0.25) is 0 Å². The Balaban J connectivity index is 2.36. The second-order valence-corrected chi connectivity index (χ2v) is 6.13. The van der Waals surface area contributed by atoms with Crippen LogP contribution in [-0.2, 0) is 6.42 Å². The number of benzene rings is 1. The third-order valence-electron chi connectivity index (χ3n) is 4.14. The molecule has 0 aliphatic heterocycles. The molecule has 0 bridgehead atoms. The van der Waals surface area contributed by atoms with Gasteiger partial charge in [-0.2, -0.15) is 4.73 Å². The maximum atomic E-state index is 12.9. The number of halogens is 3. The minimum Gasteiger partial charge on any atom is -0.618 e. The number of aromatic nitrogens is 2. The van der Waals surface area contributed by atoms with E-state index in [1.54, 1.807) is 0 Å². The summed E-state index contributed by atoms with van der Waals surface area (Å²) in [4.78, 5) is 4.34. The highest BCUT2D eigenvalue weighted by atomic mass is 19.4. The molecule has 9 heteroatoms. The number of ether oxygens (including phenoxy) is 2. The Morgan fingerprint density at radius 3 is 2.57 bits per heavy atom. The molecule has 0 spiro atoms. The number of hydrogen-bond donors (Lipinski definition) is 1. The van der Waals surface area contributed by atoms with Gasteiger partial charge in [0, 0.05) is 19.0 Å². The molecule has 0 radical (unpaired) electrons. The van der Waals surface area contributed by atoms with Crippen molar-refractivity contribution < 1.29 is 27.4 Å². The highest BCUT2D eigenvalue weighted by Crippen LogP contribution is 2.34. The van der Waals surface area contributed by atoms with Crippen molar-refractivity contribution in [3.8, 4) is 22.8 Å². The Bertz CT molecular complexity index is 798. The molecule has 28 heavy (non-hydrogen) atoms. The predicted octanol–water partition coefficient (Wildman–Crippen LogP) is 4.45. The number of nitrogens with zero attached hydrogens (tertiary/aromatic N) is 2. The van der Waals surface area contributed by atoms with Crippen molar-refractivity contribution >= 4 is 5.82 Å². The van der Waals surface area contributed by atoms with E-state index in [1.165, 1.54) is 19.4 Å². The fraction of sp³-hybridized carbons (Fsp3) is 0.474. The number of alkyl halides is 3. The SMILES string of the molecule is CCCCCNc1ncc(-c2ccc(OC(F)(F)F)cc2OC)[n+]([O-])c1CC. The number of methoxy groups -OCH3 is 1. The molecular formula is C19H24F3N3O3. The molecule has 1 aromatic carbocycles. The molecule has 1 heterocycles. The minimum absolute atomic E-state index is 0.0823. The van der Waals surface area contributed by atoms with Crippen LogP contribution in [0.15, 0.2) is 24.4 Å². The van der Waals surface area contributed by atoms with Gasteiger partial charge < -0.3 is 20.0 Å². The van der Waals surface area contributed by atoms with Crippen LogP contribution in [0.25, 0.3) is 11.3 Å². The normalized spacial score (nSPS) is 11.4. The van der Waals surface area contributed by atoms with E-state index in [9.17, 15) is 18.4 Å². The molecule has 0 saturated carbocycles. The van der Waals surface area contributed by atoms with Gasteiger partial charge in [-0.25, -0.2) is 4.98 Å². The molecule has 1 N–H and O–H groups in total. The van der Waals surface area contributed by atoms with E-state index >= 15 is 0 Å². The quantitative estimate of drug-likeness (QED) is 0.383. The number of anilines is 1. The molecule has 6 nitrogen and oxygen atoms in total. The van der Waals surface area contributed by atoms with Crippen LogP contribution in [0.5, 0.6) is 11.5 Å². The molecule has 2 rings (SSSR count). The van der Waals surface area contributed by atoms with Crippen LogP contribution in [0, 0.1) is 5.21 Å². The third-order valence-corrected chi connectivity index (χ3v) is 4.14. The van der Waals surface area contributed by atoms with Gasteiger partial charge >= 0.3 is 6.36 Å².